The van der Waals surface area contributed by atoms with Gasteiger partial charge in [0.2, 0.25) is 8.32 Å². The SMILES string of the molecule is CC(OS(C)(=O)=O)C(C)OS(=O)(=O)O[Si](C)(C)C. The van der Waals surface area contributed by atoms with E-state index in [0.717, 1.165) is 6.26 Å². The zero-order valence-corrected chi connectivity index (χ0v) is 14.0. The molecule has 0 aromatic rings. The van der Waals surface area contributed by atoms with Gasteiger partial charge >= 0.3 is 10.4 Å². The maximum Gasteiger partial charge on any atom is 0.390 e. The molecule has 0 spiro atoms. The Labute approximate surface area is 110 Å². The Balaban J connectivity index is 4.62. The largest absolute Gasteiger partial charge is 0.390 e. The zero-order chi connectivity index (χ0) is 14.8. The van der Waals surface area contributed by atoms with Crippen LogP contribution in [-0.2, 0) is 32.8 Å². The summed E-state index contributed by atoms with van der Waals surface area (Å²) < 4.78 is 59.0. The van der Waals surface area contributed by atoms with Gasteiger partial charge in [0.15, 0.2) is 0 Å². The average molecular weight is 320 g/mol. The van der Waals surface area contributed by atoms with Crippen LogP contribution in [0.25, 0.3) is 0 Å². The molecule has 0 aliphatic carbocycles. The van der Waals surface area contributed by atoms with Gasteiger partial charge in [-0.15, -0.1) is 0 Å². The molecule has 0 rings (SSSR count). The summed E-state index contributed by atoms with van der Waals surface area (Å²) in [5, 5.41) is 0. The van der Waals surface area contributed by atoms with Crippen molar-refractivity contribution in [2.75, 3.05) is 6.26 Å². The number of hydrogen-bond donors (Lipinski definition) is 0. The van der Waals surface area contributed by atoms with E-state index in [2.05, 4.69) is 4.18 Å². The highest BCUT2D eigenvalue weighted by Crippen LogP contribution is 2.14. The van der Waals surface area contributed by atoms with Crippen molar-refractivity contribution in [2.45, 2.75) is 45.7 Å². The highest BCUT2D eigenvalue weighted by atomic mass is 32.3. The molecule has 0 aromatic carbocycles. The monoisotopic (exact) mass is 320 g/mol. The van der Waals surface area contributed by atoms with Crippen LogP contribution in [0.1, 0.15) is 13.8 Å². The highest BCUT2D eigenvalue weighted by Gasteiger charge is 2.29. The second kappa shape index (κ2) is 5.97. The third-order valence-corrected chi connectivity index (χ3v) is 5.62. The Kier molecular flexibility index (Phi) is 5.97. The molecule has 0 aliphatic rings. The number of rotatable bonds is 7. The second-order valence-corrected chi connectivity index (χ2v) is 12.4. The van der Waals surface area contributed by atoms with Gasteiger partial charge in [-0.2, -0.15) is 16.8 Å². The molecule has 0 radical (unpaired) electrons. The van der Waals surface area contributed by atoms with Gasteiger partial charge < -0.3 is 0 Å². The molecule has 0 heterocycles. The van der Waals surface area contributed by atoms with Gasteiger partial charge in [0.1, 0.15) is 12.2 Å². The Hall–Kier alpha value is -0.00312. The van der Waals surface area contributed by atoms with Crippen molar-refractivity contribution in [1.82, 2.24) is 0 Å². The molecule has 0 aromatic heterocycles. The Morgan fingerprint density at radius 1 is 0.889 bits per heavy atom. The van der Waals surface area contributed by atoms with Crippen LogP contribution in [0.15, 0.2) is 0 Å². The van der Waals surface area contributed by atoms with E-state index in [4.69, 9.17) is 8.06 Å². The van der Waals surface area contributed by atoms with E-state index < -0.39 is 41.0 Å². The molecule has 0 fully saturated rings. The topological polar surface area (TPSA) is 96.0 Å². The fraction of sp³-hybridized carbons (Fsp3) is 1.00. The van der Waals surface area contributed by atoms with Gasteiger partial charge in [-0.05, 0) is 33.5 Å². The van der Waals surface area contributed by atoms with Crippen LogP contribution in [0.2, 0.25) is 19.6 Å². The van der Waals surface area contributed by atoms with E-state index in [1.165, 1.54) is 13.8 Å². The van der Waals surface area contributed by atoms with Gasteiger partial charge in [0.05, 0.1) is 6.26 Å². The lowest BCUT2D eigenvalue weighted by atomic mass is 10.3. The first-order chi connectivity index (χ1) is 7.72. The molecule has 0 aliphatic heterocycles. The summed E-state index contributed by atoms with van der Waals surface area (Å²) in [6.07, 6.45) is -1.02. The van der Waals surface area contributed by atoms with Crippen LogP contribution in [0.3, 0.4) is 0 Å². The fourth-order valence-electron chi connectivity index (χ4n) is 0.944. The summed E-state index contributed by atoms with van der Waals surface area (Å²) in [5.41, 5.74) is 0. The van der Waals surface area contributed by atoms with E-state index in [-0.39, 0.29) is 0 Å². The highest BCUT2D eigenvalue weighted by molar-refractivity contribution is 7.86. The maximum atomic E-state index is 11.5. The van der Waals surface area contributed by atoms with Crippen LogP contribution in [0.4, 0.5) is 0 Å². The van der Waals surface area contributed by atoms with E-state index in [0.29, 0.717) is 0 Å². The van der Waals surface area contributed by atoms with Crippen molar-refractivity contribution >= 4 is 28.8 Å². The summed E-state index contributed by atoms with van der Waals surface area (Å²) in [7, 11) is -10.1. The van der Waals surface area contributed by atoms with Crippen molar-refractivity contribution in [3.8, 4) is 0 Å². The lowest BCUT2D eigenvalue weighted by molar-refractivity contribution is 0.0789. The normalized spacial score (nSPS) is 17.4. The van der Waals surface area contributed by atoms with Crippen molar-refractivity contribution in [3.63, 3.8) is 0 Å². The van der Waals surface area contributed by atoms with Crippen LogP contribution in [0, 0.1) is 0 Å². The van der Waals surface area contributed by atoms with Crippen molar-refractivity contribution in [3.05, 3.63) is 0 Å². The Morgan fingerprint density at radius 3 is 1.61 bits per heavy atom. The summed E-state index contributed by atoms with van der Waals surface area (Å²) in [4.78, 5) is 0. The van der Waals surface area contributed by atoms with E-state index in [1.54, 1.807) is 19.6 Å². The molecule has 0 bridgehead atoms. The standard InChI is InChI=1S/C8H20O7S2Si/c1-7(13-16(3,9)10)8(2)14-17(11,12)15-18(4,5)6/h7-8H,1-6H3. The second-order valence-electron chi connectivity index (χ2n) is 4.91. The molecule has 0 N–H and O–H groups in total. The van der Waals surface area contributed by atoms with Gasteiger partial charge in [0.25, 0.3) is 10.1 Å². The van der Waals surface area contributed by atoms with E-state index in [1.807, 2.05) is 0 Å². The molecule has 0 amide bonds. The molecule has 0 saturated heterocycles. The molecule has 110 valence electrons. The first kappa shape index (κ1) is 18.0. The summed E-state index contributed by atoms with van der Waals surface area (Å²) in [5.74, 6) is 0. The fourth-order valence-corrected chi connectivity index (χ4v) is 4.79. The van der Waals surface area contributed by atoms with Crippen LogP contribution >= 0.6 is 0 Å². The Bertz CT molecular complexity index is 462. The smallest absolute Gasteiger partial charge is 0.294 e. The first-order valence-corrected chi connectivity index (χ1v) is 11.8. The molecule has 2 atom stereocenters. The lowest BCUT2D eigenvalue weighted by Crippen LogP contribution is -2.35. The van der Waals surface area contributed by atoms with Gasteiger partial charge in [-0.1, -0.05) is 0 Å². The van der Waals surface area contributed by atoms with Gasteiger partial charge in [-0.3, -0.25) is 8.06 Å². The van der Waals surface area contributed by atoms with E-state index in [9.17, 15) is 16.8 Å². The molecule has 18 heavy (non-hydrogen) atoms. The molecule has 7 nitrogen and oxygen atoms in total. The minimum atomic E-state index is -4.15. The third kappa shape index (κ3) is 9.00. The predicted octanol–water partition coefficient (Wildman–Crippen LogP) is 0.852. The summed E-state index contributed by atoms with van der Waals surface area (Å²) in [6.45, 7) is 7.86. The molecule has 2 unspecified atom stereocenters. The van der Waals surface area contributed by atoms with Crippen molar-refractivity contribution < 1.29 is 29.1 Å². The van der Waals surface area contributed by atoms with Crippen molar-refractivity contribution in [1.29, 1.82) is 0 Å². The minimum Gasteiger partial charge on any atom is -0.294 e. The van der Waals surface area contributed by atoms with Crippen LogP contribution < -0.4 is 0 Å². The predicted molar refractivity (Wildman–Crippen MR) is 69.3 cm³/mol. The van der Waals surface area contributed by atoms with Gasteiger partial charge in [-0.25, -0.2) is 4.18 Å². The number of hydrogen-bond acceptors (Lipinski definition) is 7. The van der Waals surface area contributed by atoms with Crippen LogP contribution in [-0.4, -0.2) is 43.6 Å². The van der Waals surface area contributed by atoms with Crippen LogP contribution in [0.5, 0.6) is 0 Å². The lowest BCUT2D eigenvalue weighted by Gasteiger charge is -2.22. The molecular weight excluding hydrogens is 300 g/mol. The molecular formula is C8H20O7S2Si. The van der Waals surface area contributed by atoms with Crippen molar-refractivity contribution in [2.24, 2.45) is 0 Å². The summed E-state index contributed by atoms with van der Waals surface area (Å²) in [6, 6.07) is 0. The molecule has 0 saturated carbocycles. The Morgan fingerprint density at radius 2 is 1.28 bits per heavy atom. The first-order valence-electron chi connectivity index (χ1n) is 5.24. The zero-order valence-electron chi connectivity index (χ0n) is 11.3. The van der Waals surface area contributed by atoms with Gasteiger partial charge in [0, 0.05) is 0 Å². The summed E-state index contributed by atoms with van der Waals surface area (Å²) >= 11 is 0. The van der Waals surface area contributed by atoms with E-state index >= 15 is 0 Å². The minimum absolute atomic E-state index is 0.878. The molecule has 10 heteroatoms. The quantitative estimate of drug-likeness (QED) is 0.507. The third-order valence-electron chi connectivity index (χ3n) is 1.61. The average Bonchev–Trinajstić information content (AvgIpc) is 1.93. The maximum absolute atomic E-state index is 11.5.